The number of aromatic hydroxyl groups is 3. The molecule has 0 amide bonds. The Balaban J connectivity index is 2.13. The molecule has 0 saturated carbocycles. The van der Waals surface area contributed by atoms with Gasteiger partial charge in [0.2, 0.25) is 5.78 Å². The molecule has 7 nitrogen and oxygen atoms in total. The van der Waals surface area contributed by atoms with Gasteiger partial charge in [0.1, 0.15) is 28.7 Å². The number of phenolic OH excluding ortho intramolecular Hbond substituents is 3. The Morgan fingerprint density at radius 3 is 2.07 bits per heavy atom. The topological polar surface area (TPSA) is 113 Å². The molecular weight excluding hydrogens is 388 g/mol. The highest BCUT2D eigenvalue weighted by Crippen LogP contribution is 2.48. The molecule has 0 spiro atoms. The summed E-state index contributed by atoms with van der Waals surface area (Å²) in [4.78, 5) is 26.6. The van der Waals surface area contributed by atoms with Gasteiger partial charge >= 0.3 is 0 Å². The zero-order valence-corrected chi connectivity index (χ0v) is 16.4. The van der Waals surface area contributed by atoms with Gasteiger partial charge in [-0.05, 0) is 24.6 Å². The second-order valence-corrected chi connectivity index (χ2v) is 6.92. The van der Waals surface area contributed by atoms with Gasteiger partial charge in [0, 0.05) is 28.8 Å². The maximum atomic E-state index is 13.4. The second-order valence-electron chi connectivity index (χ2n) is 6.92. The number of rotatable bonds is 3. The zero-order chi connectivity index (χ0) is 21.7. The number of carbonyl (C=O) groups excluding carboxylic acids is 2. The van der Waals surface area contributed by atoms with Crippen LogP contribution in [0.5, 0.6) is 28.7 Å². The van der Waals surface area contributed by atoms with Crippen molar-refractivity contribution >= 4 is 11.6 Å². The first-order valence-electron chi connectivity index (χ1n) is 9.03. The molecule has 0 aliphatic heterocycles. The molecule has 7 heteroatoms. The molecule has 152 valence electrons. The Morgan fingerprint density at radius 2 is 1.40 bits per heavy atom. The lowest BCUT2D eigenvalue weighted by atomic mass is 9.78. The molecule has 4 rings (SSSR count). The zero-order valence-electron chi connectivity index (χ0n) is 16.4. The molecule has 3 aromatic carbocycles. The smallest absolute Gasteiger partial charge is 0.201 e. The van der Waals surface area contributed by atoms with E-state index in [1.54, 1.807) is 13.0 Å². The molecule has 0 saturated heterocycles. The van der Waals surface area contributed by atoms with E-state index in [-0.39, 0.29) is 56.4 Å². The number of ether oxygens (including phenoxy) is 2. The molecule has 0 unspecified atom stereocenters. The van der Waals surface area contributed by atoms with Crippen LogP contribution in [0.25, 0.3) is 11.1 Å². The lowest BCUT2D eigenvalue weighted by Gasteiger charge is -2.24. The van der Waals surface area contributed by atoms with E-state index < -0.39 is 11.6 Å². The highest BCUT2D eigenvalue weighted by atomic mass is 16.5. The predicted molar refractivity (Wildman–Crippen MR) is 108 cm³/mol. The number of fused-ring (bicyclic) bond motifs is 2. The van der Waals surface area contributed by atoms with Crippen LogP contribution in [0.15, 0.2) is 36.4 Å². The average molecular weight is 406 g/mol. The van der Waals surface area contributed by atoms with Crippen molar-refractivity contribution in [1.82, 2.24) is 0 Å². The van der Waals surface area contributed by atoms with Crippen molar-refractivity contribution in [2.24, 2.45) is 0 Å². The van der Waals surface area contributed by atoms with Gasteiger partial charge in [0.15, 0.2) is 5.78 Å². The Labute approximate surface area is 171 Å². The lowest BCUT2D eigenvalue weighted by Crippen LogP contribution is -2.22. The van der Waals surface area contributed by atoms with Crippen LogP contribution >= 0.6 is 0 Å². The molecule has 0 atom stereocenters. The first-order chi connectivity index (χ1) is 14.3. The summed E-state index contributed by atoms with van der Waals surface area (Å²) in [6.07, 6.45) is 0. The molecule has 3 aromatic rings. The Morgan fingerprint density at radius 1 is 0.700 bits per heavy atom. The quantitative estimate of drug-likeness (QED) is 0.477. The number of benzene rings is 3. The molecule has 1 aliphatic rings. The van der Waals surface area contributed by atoms with Crippen LogP contribution in [0.1, 0.15) is 37.4 Å². The number of ketones is 2. The third kappa shape index (κ3) is 2.59. The largest absolute Gasteiger partial charge is 0.507 e. The Kier molecular flexibility index (Phi) is 4.38. The number of methoxy groups -OCH3 is 2. The summed E-state index contributed by atoms with van der Waals surface area (Å²) < 4.78 is 10.6. The van der Waals surface area contributed by atoms with Crippen LogP contribution in [0.2, 0.25) is 0 Å². The normalized spacial score (nSPS) is 12.4. The molecular formula is C23H18O7. The molecule has 0 radical (unpaired) electrons. The maximum Gasteiger partial charge on any atom is 0.201 e. The van der Waals surface area contributed by atoms with Crippen LogP contribution < -0.4 is 9.47 Å². The standard InChI is InChI=1S/C23H18O7/c1-10-7-14(25)20-21(22(27)12-5-4-6-13(24)18(12)23(20)28)17(10)19-15(26)8-11(29-2)9-16(19)30-3/h4-9,24-26H,1-3H3. The SMILES string of the molecule is COc1cc(O)c(-c2c(C)cc(O)c3c2C(=O)c2cccc(O)c2C3=O)c(OC)c1. The van der Waals surface area contributed by atoms with Crippen LogP contribution in [0.3, 0.4) is 0 Å². The van der Waals surface area contributed by atoms with Crippen molar-refractivity contribution in [3.05, 3.63) is 64.2 Å². The fraction of sp³-hybridized carbons (Fsp3) is 0.130. The summed E-state index contributed by atoms with van der Waals surface area (Å²) in [5.74, 6) is -1.61. The molecule has 0 heterocycles. The number of carbonyl (C=O) groups is 2. The number of hydrogen-bond acceptors (Lipinski definition) is 7. The molecule has 0 fully saturated rings. The Hall–Kier alpha value is -4.00. The van der Waals surface area contributed by atoms with Crippen molar-refractivity contribution in [2.75, 3.05) is 14.2 Å². The first kappa shape index (κ1) is 19.3. The second kappa shape index (κ2) is 6.81. The van der Waals surface area contributed by atoms with Crippen LogP contribution in [-0.2, 0) is 0 Å². The third-order valence-corrected chi connectivity index (χ3v) is 5.23. The molecule has 3 N–H and O–H groups in total. The van der Waals surface area contributed by atoms with Gasteiger partial charge in [0.25, 0.3) is 0 Å². The minimum Gasteiger partial charge on any atom is -0.507 e. The third-order valence-electron chi connectivity index (χ3n) is 5.23. The fourth-order valence-electron chi connectivity index (χ4n) is 3.91. The average Bonchev–Trinajstić information content (AvgIpc) is 2.71. The Bertz CT molecular complexity index is 1240. The van der Waals surface area contributed by atoms with Gasteiger partial charge < -0.3 is 24.8 Å². The van der Waals surface area contributed by atoms with E-state index in [1.165, 1.54) is 44.6 Å². The summed E-state index contributed by atoms with van der Waals surface area (Å²) in [6, 6.07) is 8.46. The summed E-state index contributed by atoms with van der Waals surface area (Å²) >= 11 is 0. The van der Waals surface area contributed by atoms with Crippen molar-refractivity contribution in [1.29, 1.82) is 0 Å². The van der Waals surface area contributed by atoms with E-state index in [0.29, 0.717) is 11.3 Å². The number of aryl methyl sites for hydroxylation is 1. The van der Waals surface area contributed by atoms with E-state index in [2.05, 4.69) is 0 Å². The minimum atomic E-state index is -0.677. The molecule has 30 heavy (non-hydrogen) atoms. The fourth-order valence-corrected chi connectivity index (χ4v) is 3.91. The van der Waals surface area contributed by atoms with E-state index in [4.69, 9.17) is 9.47 Å². The van der Waals surface area contributed by atoms with E-state index >= 15 is 0 Å². The van der Waals surface area contributed by atoms with E-state index in [9.17, 15) is 24.9 Å². The van der Waals surface area contributed by atoms with Crippen molar-refractivity contribution in [3.63, 3.8) is 0 Å². The molecule has 0 aromatic heterocycles. The summed E-state index contributed by atoms with van der Waals surface area (Å²) in [6.45, 7) is 1.65. The van der Waals surface area contributed by atoms with E-state index in [0.717, 1.165) is 0 Å². The van der Waals surface area contributed by atoms with Crippen molar-refractivity contribution < 1.29 is 34.4 Å². The predicted octanol–water partition coefficient (Wildman–Crippen LogP) is 3.57. The molecule has 0 bridgehead atoms. The van der Waals surface area contributed by atoms with Crippen molar-refractivity contribution in [3.8, 4) is 39.9 Å². The lowest BCUT2D eigenvalue weighted by molar-refractivity contribution is 0.0974. The van der Waals surface area contributed by atoms with Gasteiger partial charge in [0.05, 0.1) is 30.9 Å². The first-order valence-corrected chi connectivity index (χ1v) is 9.03. The van der Waals surface area contributed by atoms with Crippen LogP contribution in [0, 0.1) is 6.92 Å². The van der Waals surface area contributed by atoms with Crippen LogP contribution in [-0.4, -0.2) is 41.1 Å². The monoisotopic (exact) mass is 406 g/mol. The maximum absolute atomic E-state index is 13.4. The van der Waals surface area contributed by atoms with Gasteiger partial charge in [-0.1, -0.05) is 12.1 Å². The van der Waals surface area contributed by atoms with Crippen LogP contribution in [0.4, 0.5) is 0 Å². The number of phenols is 3. The highest BCUT2D eigenvalue weighted by Gasteiger charge is 2.38. The van der Waals surface area contributed by atoms with E-state index in [1.807, 2.05) is 0 Å². The van der Waals surface area contributed by atoms with Gasteiger partial charge in [-0.2, -0.15) is 0 Å². The minimum absolute atomic E-state index is 0.0192. The molecule has 1 aliphatic carbocycles. The van der Waals surface area contributed by atoms with Gasteiger partial charge in [-0.25, -0.2) is 0 Å². The number of hydrogen-bond donors (Lipinski definition) is 3. The van der Waals surface area contributed by atoms with Crippen molar-refractivity contribution in [2.45, 2.75) is 6.92 Å². The van der Waals surface area contributed by atoms with Gasteiger partial charge in [-0.3, -0.25) is 9.59 Å². The summed E-state index contributed by atoms with van der Waals surface area (Å²) in [5.41, 5.74) is 0.469. The highest BCUT2D eigenvalue weighted by molar-refractivity contribution is 6.32. The summed E-state index contributed by atoms with van der Waals surface area (Å²) in [5, 5.41) is 31.4. The summed E-state index contributed by atoms with van der Waals surface area (Å²) in [7, 11) is 2.84. The van der Waals surface area contributed by atoms with Gasteiger partial charge in [-0.15, -0.1) is 0 Å².